The van der Waals surface area contributed by atoms with Crippen LogP contribution in [-0.2, 0) is 0 Å². The van der Waals surface area contributed by atoms with Crippen molar-refractivity contribution in [1.29, 1.82) is 0 Å². The Morgan fingerprint density at radius 2 is 1.78 bits per heavy atom. The number of carbonyl (C=O) groups is 1. The van der Waals surface area contributed by atoms with Gasteiger partial charge in [0.05, 0.1) is 4.92 Å². The minimum absolute atomic E-state index is 0.0132. The maximum Gasteiger partial charge on any atom is 0.269 e. The number of thiocarbonyl (C=S) groups is 1. The number of rotatable bonds is 3. The van der Waals surface area contributed by atoms with Gasteiger partial charge in [-0.1, -0.05) is 17.7 Å². The maximum atomic E-state index is 12.2. The Labute approximate surface area is 138 Å². The second kappa shape index (κ2) is 6.97. The monoisotopic (exact) mass is 329 g/mol. The molecule has 0 bridgehead atoms. The predicted molar refractivity (Wildman–Crippen MR) is 92.7 cm³/mol. The first-order valence-corrected chi connectivity index (χ1v) is 7.21. The van der Waals surface area contributed by atoms with Crippen molar-refractivity contribution >= 4 is 34.6 Å². The first-order chi connectivity index (χ1) is 10.9. The van der Waals surface area contributed by atoms with Crippen molar-refractivity contribution in [2.24, 2.45) is 0 Å². The van der Waals surface area contributed by atoms with Gasteiger partial charge in [0.15, 0.2) is 5.11 Å². The Hall–Kier alpha value is -2.80. The highest BCUT2D eigenvalue weighted by atomic mass is 32.1. The molecule has 0 radical (unpaired) electrons. The van der Waals surface area contributed by atoms with E-state index in [0.717, 1.165) is 11.1 Å². The molecule has 6 nitrogen and oxygen atoms in total. The van der Waals surface area contributed by atoms with E-state index >= 15 is 0 Å². The van der Waals surface area contributed by atoms with Gasteiger partial charge in [0.1, 0.15) is 0 Å². The molecular formula is C16H15N3O3S. The molecule has 1 amide bonds. The van der Waals surface area contributed by atoms with Crippen LogP contribution in [-0.4, -0.2) is 15.9 Å². The Bertz CT molecular complexity index is 773. The van der Waals surface area contributed by atoms with Gasteiger partial charge in [-0.05, 0) is 49.8 Å². The fourth-order valence-electron chi connectivity index (χ4n) is 2.07. The zero-order valence-corrected chi connectivity index (χ0v) is 13.4. The fourth-order valence-corrected chi connectivity index (χ4v) is 2.28. The summed E-state index contributed by atoms with van der Waals surface area (Å²) < 4.78 is 0. The molecule has 118 valence electrons. The van der Waals surface area contributed by atoms with Crippen LogP contribution in [0, 0.1) is 24.0 Å². The number of aryl methyl sites for hydroxylation is 2. The van der Waals surface area contributed by atoms with Crippen molar-refractivity contribution < 1.29 is 9.72 Å². The lowest BCUT2D eigenvalue weighted by atomic mass is 10.1. The third kappa shape index (κ3) is 4.33. The summed E-state index contributed by atoms with van der Waals surface area (Å²) in [7, 11) is 0. The summed E-state index contributed by atoms with van der Waals surface area (Å²) in [5.74, 6) is -0.304. The molecule has 0 saturated heterocycles. The van der Waals surface area contributed by atoms with Crippen LogP contribution in [0.2, 0.25) is 0 Å². The van der Waals surface area contributed by atoms with Crippen molar-refractivity contribution in [3.63, 3.8) is 0 Å². The van der Waals surface area contributed by atoms with Gasteiger partial charge in [0, 0.05) is 23.4 Å². The molecule has 0 aliphatic carbocycles. The Balaban J connectivity index is 2.01. The summed E-state index contributed by atoms with van der Waals surface area (Å²) in [4.78, 5) is 22.3. The predicted octanol–water partition coefficient (Wildman–Crippen LogP) is 3.34. The van der Waals surface area contributed by atoms with Crippen LogP contribution in [0.5, 0.6) is 0 Å². The number of amides is 1. The van der Waals surface area contributed by atoms with E-state index in [2.05, 4.69) is 10.6 Å². The standard InChI is InChI=1S/C16H15N3O3S/c1-10-3-8-14(11(2)9-10)15(20)18-16(23)17-12-4-6-13(7-5-12)19(21)22/h3-9H,1-2H3,(H2,17,18,20,23). The Morgan fingerprint density at radius 1 is 1.13 bits per heavy atom. The highest BCUT2D eigenvalue weighted by molar-refractivity contribution is 7.80. The number of non-ortho nitro benzene ring substituents is 1. The second-order valence-corrected chi connectivity index (χ2v) is 5.44. The lowest BCUT2D eigenvalue weighted by molar-refractivity contribution is -0.384. The highest BCUT2D eigenvalue weighted by Crippen LogP contribution is 2.15. The van der Waals surface area contributed by atoms with Crippen LogP contribution >= 0.6 is 12.2 Å². The Kier molecular flexibility index (Phi) is 5.02. The molecule has 23 heavy (non-hydrogen) atoms. The first-order valence-electron chi connectivity index (χ1n) is 6.81. The molecular weight excluding hydrogens is 314 g/mol. The quantitative estimate of drug-likeness (QED) is 0.512. The molecule has 0 heterocycles. The van der Waals surface area contributed by atoms with Crippen molar-refractivity contribution in [2.45, 2.75) is 13.8 Å². The zero-order chi connectivity index (χ0) is 17.0. The van der Waals surface area contributed by atoms with E-state index in [4.69, 9.17) is 12.2 Å². The highest BCUT2D eigenvalue weighted by Gasteiger charge is 2.11. The number of benzene rings is 2. The number of nitro groups is 1. The van der Waals surface area contributed by atoms with E-state index in [1.807, 2.05) is 26.0 Å². The molecule has 2 aromatic carbocycles. The van der Waals surface area contributed by atoms with Crippen molar-refractivity contribution in [3.05, 3.63) is 69.3 Å². The summed E-state index contributed by atoms with van der Waals surface area (Å²) in [6.45, 7) is 3.81. The van der Waals surface area contributed by atoms with Crippen LogP contribution in [0.4, 0.5) is 11.4 Å². The van der Waals surface area contributed by atoms with E-state index < -0.39 is 4.92 Å². The van der Waals surface area contributed by atoms with E-state index in [0.29, 0.717) is 11.3 Å². The third-order valence-electron chi connectivity index (χ3n) is 3.19. The topological polar surface area (TPSA) is 84.3 Å². The lowest BCUT2D eigenvalue weighted by Crippen LogP contribution is -2.34. The van der Waals surface area contributed by atoms with Crippen LogP contribution < -0.4 is 10.6 Å². The van der Waals surface area contributed by atoms with Gasteiger partial charge >= 0.3 is 0 Å². The van der Waals surface area contributed by atoms with Gasteiger partial charge in [-0.25, -0.2) is 0 Å². The van der Waals surface area contributed by atoms with Gasteiger partial charge in [0.25, 0.3) is 11.6 Å². The average Bonchev–Trinajstić information content (AvgIpc) is 2.47. The number of hydrogen-bond acceptors (Lipinski definition) is 4. The lowest BCUT2D eigenvalue weighted by Gasteiger charge is -2.11. The normalized spacial score (nSPS) is 10.0. The van der Waals surface area contributed by atoms with E-state index in [9.17, 15) is 14.9 Å². The van der Waals surface area contributed by atoms with Crippen molar-refractivity contribution in [2.75, 3.05) is 5.32 Å². The number of anilines is 1. The van der Waals surface area contributed by atoms with Crippen molar-refractivity contribution in [3.8, 4) is 0 Å². The number of nitrogens with zero attached hydrogens (tertiary/aromatic N) is 1. The zero-order valence-electron chi connectivity index (χ0n) is 12.6. The van der Waals surface area contributed by atoms with E-state index in [-0.39, 0.29) is 16.7 Å². The molecule has 0 unspecified atom stereocenters. The average molecular weight is 329 g/mol. The molecule has 0 spiro atoms. The number of nitrogens with one attached hydrogen (secondary N) is 2. The number of carbonyl (C=O) groups excluding carboxylic acids is 1. The minimum Gasteiger partial charge on any atom is -0.332 e. The Morgan fingerprint density at radius 3 is 2.35 bits per heavy atom. The molecule has 2 N–H and O–H groups in total. The van der Waals surface area contributed by atoms with Crippen LogP contribution in [0.3, 0.4) is 0 Å². The summed E-state index contributed by atoms with van der Waals surface area (Å²) in [5, 5.41) is 16.1. The van der Waals surface area contributed by atoms with Gasteiger partial charge in [-0.15, -0.1) is 0 Å². The second-order valence-electron chi connectivity index (χ2n) is 5.03. The third-order valence-corrected chi connectivity index (χ3v) is 3.39. The summed E-state index contributed by atoms with van der Waals surface area (Å²) in [5.41, 5.74) is 3.03. The fraction of sp³-hybridized carbons (Fsp3) is 0.125. The van der Waals surface area contributed by atoms with Gasteiger partial charge in [-0.3, -0.25) is 20.2 Å². The van der Waals surface area contributed by atoms with E-state index in [1.54, 1.807) is 6.07 Å². The molecule has 7 heteroatoms. The van der Waals surface area contributed by atoms with E-state index in [1.165, 1.54) is 24.3 Å². The molecule has 0 saturated carbocycles. The maximum absolute atomic E-state index is 12.2. The molecule has 0 aliphatic rings. The first kappa shape index (κ1) is 16.6. The van der Waals surface area contributed by atoms with Gasteiger partial charge in [-0.2, -0.15) is 0 Å². The molecule has 2 rings (SSSR count). The summed E-state index contributed by atoms with van der Waals surface area (Å²) in [6, 6.07) is 11.3. The minimum atomic E-state index is -0.482. The van der Waals surface area contributed by atoms with Gasteiger partial charge in [0.2, 0.25) is 0 Å². The smallest absolute Gasteiger partial charge is 0.269 e. The summed E-state index contributed by atoms with van der Waals surface area (Å²) >= 11 is 5.09. The molecule has 2 aromatic rings. The van der Waals surface area contributed by atoms with Crippen LogP contribution in [0.25, 0.3) is 0 Å². The SMILES string of the molecule is Cc1ccc(C(=O)NC(=S)Nc2ccc([N+](=O)[O-])cc2)c(C)c1. The van der Waals surface area contributed by atoms with Crippen LogP contribution in [0.1, 0.15) is 21.5 Å². The molecule has 0 aliphatic heterocycles. The molecule has 0 fully saturated rings. The molecule has 0 aromatic heterocycles. The number of hydrogen-bond donors (Lipinski definition) is 2. The number of nitro benzene ring substituents is 1. The summed E-state index contributed by atoms with van der Waals surface area (Å²) in [6.07, 6.45) is 0. The van der Waals surface area contributed by atoms with Crippen LogP contribution in [0.15, 0.2) is 42.5 Å². The van der Waals surface area contributed by atoms with Gasteiger partial charge < -0.3 is 5.32 Å². The van der Waals surface area contributed by atoms with Crippen molar-refractivity contribution in [1.82, 2.24) is 5.32 Å². The molecule has 0 atom stereocenters. The largest absolute Gasteiger partial charge is 0.332 e.